The number of carbonyl (C=O) groups excluding carboxylic acids is 1. The third-order valence-corrected chi connectivity index (χ3v) is 3.58. The van der Waals surface area contributed by atoms with Crippen LogP contribution in [-0.2, 0) is 16.0 Å². The molecule has 2 atom stereocenters. The van der Waals surface area contributed by atoms with E-state index in [-0.39, 0.29) is 6.42 Å². The minimum absolute atomic E-state index is 0.0323. The van der Waals surface area contributed by atoms with Crippen LogP contribution in [0.3, 0.4) is 0 Å². The minimum Gasteiger partial charge on any atom is -0.480 e. The summed E-state index contributed by atoms with van der Waals surface area (Å²) in [6.45, 7) is 0.722. The van der Waals surface area contributed by atoms with Gasteiger partial charge in [-0.3, -0.25) is 9.80 Å². The number of nitrogens with two attached hydrogens (primary N) is 1. The monoisotopic (exact) mass is 295 g/mol. The Morgan fingerprint density at radius 1 is 1.43 bits per heavy atom. The molecule has 1 aromatic rings. The van der Waals surface area contributed by atoms with Gasteiger partial charge < -0.3 is 10.4 Å². The first kappa shape index (κ1) is 15.4. The smallest absolute Gasteiger partial charge is 0.328 e. The maximum Gasteiger partial charge on any atom is 0.328 e. The van der Waals surface area contributed by atoms with E-state index in [0.29, 0.717) is 12.0 Å². The maximum absolute atomic E-state index is 12.9. The Bertz CT molecular complexity index is 515. The second-order valence-corrected chi connectivity index (χ2v) is 5.08. The van der Waals surface area contributed by atoms with Crippen molar-refractivity contribution in [2.45, 2.75) is 31.3 Å². The largest absolute Gasteiger partial charge is 0.480 e. The number of amides is 1. The molecule has 1 aliphatic rings. The van der Waals surface area contributed by atoms with Gasteiger partial charge in [-0.05, 0) is 37.1 Å². The summed E-state index contributed by atoms with van der Waals surface area (Å²) >= 11 is 0. The molecule has 1 saturated heterocycles. The quantitative estimate of drug-likeness (QED) is 0.412. The van der Waals surface area contributed by atoms with Crippen molar-refractivity contribution < 1.29 is 19.1 Å². The van der Waals surface area contributed by atoms with E-state index in [1.165, 1.54) is 24.3 Å². The van der Waals surface area contributed by atoms with Crippen molar-refractivity contribution >= 4 is 11.9 Å². The van der Waals surface area contributed by atoms with Gasteiger partial charge in [0.05, 0.1) is 6.04 Å². The van der Waals surface area contributed by atoms with E-state index in [2.05, 4.69) is 5.32 Å². The van der Waals surface area contributed by atoms with Gasteiger partial charge in [0.2, 0.25) is 0 Å². The second-order valence-electron chi connectivity index (χ2n) is 5.08. The summed E-state index contributed by atoms with van der Waals surface area (Å²) in [5.74, 6) is 3.69. The molecular formula is C14H18FN3O3. The lowest BCUT2D eigenvalue weighted by Gasteiger charge is -2.26. The average Bonchev–Trinajstić information content (AvgIpc) is 2.99. The van der Waals surface area contributed by atoms with Crippen LogP contribution in [0.4, 0.5) is 4.39 Å². The number of halogens is 1. The Labute approximate surface area is 121 Å². The Balaban J connectivity index is 2.08. The van der Waals surface area contributed by atoms with Gasteiger partial charge in [-0.25, -0.2) is 15.0 Å². The van der Waals surface area contributed by atoms with Crippen LogP contribution in [0.1, 0.15) is 18.4 Å². The average molecular weight is 295 g/mol. The molecule has 1 amide bonds. The van der Waals surface area contributed by atoms with Gasteiger partial charge in [0.1, 0.15) is 11.9 Å². The number of carboxylic acid groups (broad SMARTS) is 1. The van der Waals surface area contributed by atoms with Gasteiger partial charge in [0.25, 0.3) is 5.91 Å². The summed E-state index contributed by atoms with van der Waals surface area (Å²) in [6.07, 6.45) is 1.54. The molecule has 0 unspecified atom stereocenters. The molecule has 1 heterocycles. The van der Waals surface area contributed by atoms with Crippen LogP contribution < -0.4 is 11.2 Å². The highest BCUT2D eigenvalue weighted by molar-refractivity contribution is 5.86. The summed E-state index contributed by atoms with van der Waals surface area (Å²) < 4.78 is 12.9. The number of hydrazine groups is 1. The van der Waals surface area contributed by atoms with Crippen molar-refractivity contribution in [2.24, 2.45) is 5.84 Å². The number of benzene rings is 1. The van der Waals surface area contributed by atoms with Gasteiger partial charge in [0.15, 0.2) is 0 Å². The van der Waals surface area contributed by atoms with Gasteiger partial charge >= 0.3 is 5.97 Å². The topological polar surface area (TPSA) is 95.7 Å². The summed E-state index contributed by atoms with van der Waals surface area (Å²) in [4.78, 5) is 23.5. The predicted octanol–water partition coefficient (Wildman–Crippen LogP) is 0.276. The van der Waals surface area contributed by atoms with E-state index in [9.17, 15) is 19.1 Å². The standard InChI is InChI=1S/C14H18FN3O3/c15-10-5-3-9(4-6-10)8-12(14(20)21)18(16)13(19)11-2-1-7-17-11/h3-6,11-12,17H,1-2,7-8,16H2,(H,20,21)/t11-,12-/m0/s1. The van der Waals surface area contributed by atoms with E-state index < -0.39 is 29.8 Å². The third kappa shape index (κ3) is 3.77. The van der Waals surface area contributed by atoms with E-state index in [4.69, 9.17) is 5.84 Å². The Kier molecular flexibility index (Phi) is 4.87. The molecule has 1 aromatic carbocycles. The fraction of sp³-hybridized carbons (Fsp3) is 0.429. The van der Waals surface area contributed by atoms with Gasteiger partial charge in [-0.2, -0.15) is 0 Å². The molecule has 114 valence electrons. The first-order chi connectivity index (χ1) is 9.99. The number of rotatable bonds is 5. The van der Waals surface area contributed by atoms with Gasteiger partial charge in [-0.1, -0.05) is 12.1 Å². The first-order valence-electron chi connectivity index (χ1n) is 6.77. The SMILES string of the molecule is NN(C(=O)[C@@H]1CCCN1)[C@@H](Cc1ccc(F)cc1)C(=O)O. The maximum atomic E-state index is 12.9. The van der Waals surface area contributed by atoms with E-state index in [0.717, 1.165) is 18.0 Å². The molecule has 0 aromatic heterocycles. The molecule has 7 heteroatoms. The summed E-state index contributed by atoms with van der Waals surface area (Å²) in [6, 6.07) is 3.86. The lowest BCUT2D eigenvalue weighted by Crippen LogP contribution is -2.55. The summed E-state index contributed by atoms with van der Waals surface area (Å²) in [7, 11) is 0. The van der Waals surface area contributed by atoms with Crippen LogP contribution >= 0.6 is 0 Å². The Morgan fingerprint density at radius 2 is 2.10 bits per heavy atom. The molecule has 0 saturated carbocycles. The Morgan fingerprint density at radius 3 is 2.62 bits per heavy atom. The predicted molar refractivity (Wildman–Crippen MR) is 73.6 cm³/mol. The molecule has 1 aliphatic heterocycles. The van der Waals surface area contributed by atoms with Crippen molar-refractivity contribution in [3.05, 3.63) is 35.6 Å². The van der Waals surface area contributed by atoms with Crippen LogP contribution in [0.25, 0.3) is 0 Å². The number of aliphatic carboxylic acids is 1. The van der Waals surface area contributed by atoms with Crippen molar-refractivity contribution in [1.29, 1.82) is 0 Å². The van der Waals surface area contributed by atoms with Crippen molar-refractivity contribution in [3.63, 3.8) is 0 Å². The number of nitrogens with one attached hydrogen (secondary N) is 1. The van der Waals surface area contributed by atoms with Crippen molar-refractivity contribution in [3.8, 4) is 0 Å². The van der Waals surface area contributed by atoms with Crippen LogP contribution in [0, 0.1) is 5.82 Å². The lowest BCUT2D eigenvalue weighted by molar-refractivity contribution is -0.151. The molecule has 6 nitrogen and oxygen atoms in total. The summed E-state index contributed by atoms with van der Waals surface area (Å²) in [5.41, 5.74) is 0.603. The molecule has 21 heavy (non-hydrogen) atoms. The second kappa shape index (κ2) is 6.64. The van der Waals surface area contributed by atoms with Crippen LogP contribution in [0.2, 0.25) is 0 Å². The van der Waals surface area contributed by atoms with Gasteiger partial charge in [-0.15, -0.1) is 0 Å². The first-order valence-corrected chi connectivity index (χ1v) is 6.77. The molecule has 0 aliphatic carbocycles. The number of hydrogen-bond donors (Lipinski definition) is 3. The normalized spacial score (nSPS) is 19.2. The highest BCUT2D eigenvalue weighted by Gasteiger charge is 2.33. The molecule has 0 radical (unpaired) electrons. The highest BCUT2D eigenvalue weighted by atomic mass is 19.1. The van der Waals surface area contributed by atoms with E-state index in [1.807, 2.05) is 0 Å². The fourth-order valence-corrected chi connectivity index (χ4v) is 2.38. The number of carbonyl (C=O) groups is 2. The molecule has 0 spiro atoms. The molecule has 0 bridgehead atoms. The number of hydrogen-bond acceptors (Lipinski definition) is 4. The van der Waals surface area contributed by atoms with E-state index >= 15 is 0 Å². The van der Waals surface area contributed by atoms with E-state index in [1.54, 1.807) is 0 Å². The zero-order valence-corrected chi connectivity index (χ0v) is 11.5. The van der Waals surface area contributed by atoms with Crippen LogP contribution in [-0.4, -0.2) is 40.6 Å². The molecule has 4 N–H and O–H groups in total. The lowest BCUT2D eigenvalue weighted by atomic mass is 10.0. The molecule has 1 fully saturated rings. The summed E-state index contributed by atoms with van der Waals surface area (Å²) in [5, 5.41) is 13.0. The van der Waals surface area contributed by atoms with Crippen LogP contribution in [0.15, 0.2) is 24.3 Å². The fourth-order valence-electron chi connectivity index (χ4n) is 2.38. The van der Waals surface area contributed by atoms with Gasteiger partial charge in [0, 0.05) is 6.42 Å². The van der Waals surface area contributed by atoms with Crippen molar-refractivity contribution in [1.82, 2.24) is 10.3 Å². The minimum atomic E-state index is -1.19. The zero-order valence-electron chi connectivity index (χ0n) is 11.5. The molecule has 2 rings (SSSR count). The number of carboxylic acids is 1. The third-order valence-electron chi connectivity index (χ3n) is 3.58. The number of nitrogens with zero attached hydrogens (tertiary/aromatic N) is 1. The van der Waals surface area contributed by atoms with Crippen molar-refractivity contribution in [2.75, 3.05) is 6.54 Å². The zero-order chi connectivity index (χ0) is 15.4. The highest BCUT2D eigenvalue weighted by Crippen LogP contribution is 2.13. The Hall–Kier alpha value is -1.99. The van der Waals surface area contributed by atoms with Crippen LogP contribution in [0.5, 0.6) is 0 Å². The molecular weight excluding hydrogens is 277 g/mol.